The third-order valence-corrected chi connectivity index (χ3v) is 2.01. The third-order valence-electron chi connectivity index (χ3n) is 2.01. The Morgan fingerprint density at radius 2 is 2.21 bits per heavy atom. The average Bonchev–Trinajstić information content (AvgIpc) is 2.46. The van der Waals surface area contributed by atoms with E-state index in [1.54, 1.807) is 0 Å². The van der Waals surface area contributed by atoms with Gasteiger partial charge < -0.3 is 10.1 Å². The zero-order valence-corrected chi connectivity index (χ0v) is 8.79. The molecule has 0 unspecified atom stereocenters. The fraction of sp³-hybridized carbons (Fsp3) is 0.600. The summed E-state index contributed by atoms with van der Waals surface area (Å²) in [5.41, 5.74) is 1.83. The van der Waals surface area contributed by atoms with Crippen molar-refractivity contribution in [3.05, 3.63) is 17.2 Å². The van der Waals surface area contributed by atoms with E-state index in [0.29, 0.717) is 5.92 Å². The van der Waals surface area contributed by atoms with E-state index in [9.17, 15) is 4.79 Å². The first-order chi connectivity index (χ1) is 6.54. The van der Waals surface area contributed by atoms with Crippen molar-refractivity contribution in [3.8, 4) is 0 Å². The van der Waals surface area contributed by atoms with Crippen molar-refractivity contribution in [2.24, 2.45) is 5.92 Å². The van der Waals surface area contributed by atoms with Gasteiger partial charge in [-0.3, -0.25) is 0 Å². The number of rotatable bonds is 4. The highest BCUT2D eigenvalue weighted by molar-refractivity contribution is 5.83. The first-order valence-corrected chi connectivity index (χ1v) is 4.85. The maximum Gasteiger partial charge on any atom is 0.371 e. The molecular weight excluding hydrogens is 180 g/mol. The normalized spacial score (nSPS) is 10.9. The van der Waals surface area contributed by atoms with Gasteiger partial charge in [-0.1, -0.05) is 20.8 Å². The number of H-pyrrole nitrogens is 1. The lowest BCUT2D eigenvalue weighted by Crippen LogP contribution is -2.00. The largest absolute Gasteiger partial charge is 0.475 e. The molecule has 0 amide bonds. The summed E-state index contributed by atoms with van der Waals surface area (Å²) in [6, 6.07) is 0. The van der Waals surface area contributed by atoms with Crippen molar-refractivity contribution < 1.29 is 9.90 Å². The van der Waals surface area contributed by atoms with Crippen LogP contribution < -0.4 is 0 Å². The molecule has 1 heterocycles. The first kappa shape index (κ1) is 10.8. The zero-order chi connectivity index (χ0) is 10.7. The molecule has 0 spiro atoms. The van der Waals surface area contributed by atoms with Gasteiger partial charge in [0.25, 0.3) is 0 Å². The van der Waals surface area contributed by atoms with Crippen LogP contribution in [0.15, 0.2) is 0 Å². The Balaban J connectivity index is 2.96. The summed E-state index contributed by atoms with van der Waals surface area (Å²) in [6.45, 7) is 6.17. The fourth-order valence-electron chi connectivity index (χ4n) is 1.42. The number of nitrogens with zero attached hydrogens (tertiary/aromatic N) is 1. The first-order valence-electron chi connectivity index (χ1n) is 4.85. The lowest BCUT2D eigenvalue weighted by molar-refractivity contribution is 0.0684. The number of nitrogens with one attached hydrogen (secondary N) is 1. The molecule has 1 aromatic heterocycles. The number of aromatic carboxylic acids is 1. The minimum Gasteiger partial charge on any atom is -0.475 e. The van der Waals surface area contributed by atoms with Crippen molar-refractivity contribution in [2.45, 2.75) is 33.6 Å². The number of carbonyl (C=O) groups is 1. The summed E-state index contributed by atoms with van der Waals surface area (Å²) in [6.07, 6.45) is 1.62. The van der Waals surface area contributed by atoms with Crippen LogP contribution in [-0.4, -0.2) is 21.0 Å². The molecule has 0 radical (unpaired) electrons. The van der Waals surface area contributed by atoms with Crippen LogP contribution in [0.5, 0.6) is 0 Å². The molecule has 0 aromatic carbocycles. The van der Waals surface area contributed by atoms with E-state index in [1.165, 1.54) is 0 Å². The number of hydrogen-bond donors (Lipinski definition) is 2. The van der Waals surface area contributed by atoms with Crippen molar-refractivity contribution in [3.63, 3.8) is 0 Å². The maximum absolute atomic E-state index is 10.7. The van der Waals surface area contributed by atoms with Gasteiger partial charge in [-0.15, -0.1) is 0 Å². The van der Waals surface area contributed by atoms with Crippen LogP contribution in [0.3, 0.4) is 0 Å². The SMILES string of the molecule is CCc1nc(C(=O)O)[nH]c1CC(C)C. The Hall–Kier alpha value is -1.32. The Bertz CT molecular complexity index is 329. The summed E-state index contributed by atoms with van der Waals surface area (Å²) >= 11 is 0. The summed E-state index contributed by atoms with van der Waals surface area (Å²) in [4.78, 5) is 17.6. The number of aromatic amines is 1. The van der Waals surface area contributed by atoms with Gasteiger partial charge >= 0.3 is 5.97 Å². The summed E-state index contributed by atoms with van der Waals surface area (Å²) < 4.78 is 0. The molecule has 0 aliphatic carbocycles. The van der Waals surface area contributed by atoms with E-state index < -0.39 is 5.97 Å². The zero-order valence-electron chi connectivity index (χ0n) is 8.79. The summed E-state index contributed by atoms with van der Waals surface area (Å²) in [7, 11) is 0. The second kappa shape index (κ2) is 4.26. The number of hydrogen-bond acceptors (Lipinski definition) is 2. The average molecular weight is 196 g/mol. The molecule has 1 rings (SSSR count). The number of aromatic nitrogens is 2. The monoisotopic (exact) mass is 196 g/mol. The predicted octanol–water partition coefficient (Wildman–Crippen LogP) is 1.87. The fourth-order valence-corrected chi connectivity index (χ4v) is 1.42. The molecular formula is C10H16N2O2. The Morgan fingerprint density at radius 1 is 1.57 bits per heavy atom. The molecule has 4 heteroatoms. The summed E-state index contributed by atoms with van der Waals surface area (Å²) in [5, 5.41) is 8.76. The van der Waals surface area contributed by atoms with E-state index >= 15 is 0 Å². The molecule has 0 atom stereocenters. The molecule has 4 nitrogen and oxygen atoms in total. The minimum absolute atomic E-state index is 0.0532. The van der Waals surface area contributed by atoms with Gasteiger partial charge in [0, 0.05) is 5.69 Å². The van der Waals surface area contributed by atoms with E-state index in [-0.39, 0.29) is 5.82 Å². The molecule has 0 saturated heterocycles. The number of aryl methyl sites for hydroxylation is 1. The molecule has 0 saturated carbocycles. The third kappa shape index (κ3) is 2.34. The van der Waals surface area contributed by atoms with Crippen molar-refractivity contribution >= 4 is 5.97 Å². The van der Waals surface area contributed by atoms with Crippen molar-refractivity contribution in [1.82, 2.24) is 9.97 Å². The molecule has 78 valence electrons. The van der Waals surface area contributed by atoms with E-state index in [0.717, 1.165) is 24.2 Å². The highest BCUT2D eigenvalue weighted by Crippen LogP contribution is 2.12. The van der Waals surface area contributed by atoms with Gasteiger partial charge in [0.1, 0.15) is 0 Å². The van der Waals surface area contributed by atoms with Gasteiger partial charge in [0.15, 0.2) is 0 Å². The second-order valence-electron chi connectivity index (χ2n) is 3.77. The van der Waals surface area contributed by atoms with Gasteiger partial charge in [0.05, 0.1) is 5.69 Å². The van der Waals surface area contributed by atoms with Crippen LogP contribution in [0.4, 0.5) is 0 Å². The second-order valence-corrected chi connectivity index (χ2v) is 3.77. The number of imidazole rings is 1. The van der Waals surface area contributed by atoms with Gasteiger partial charge in [0.2, 0.25) is 5.82 Å². The molecule has 1 aromatic rings. The van der Waals surface area contributed by atoms with Gasteiger partial charge in [-0.2, -0.15) is 0 Å². The topological polar surface area (TPSA) is 66.0 Å². The van der Waals surface area contributed by atoms with E-state index in [1.807, 2.05) is 6.92 Å². The van der Waals surface area contributed by atoms with Crippen molar-refractivity contribution in [2.75, 3.05) is 0 Å². The minimum atomic E-state index is -0.991. The lowest BCUT2D eigenvalue weighted by Gasteiger charge is -2.02. The molecule has 14 heavy (non-hydrogen) atoms. The Morgan fingerprint density at radius 3 is 2.64 bits per heavy atom. The molecule has 0 bridgehead atoms. The van der Waals surface area contributed by atoms with E-state index in [2.05, 4.69) is 23.8 Å². The standard InChI is InChI=1S/C10H16N2O2/c1-4-7-8(5-6(2)3)12-9(11-7)10(13)14/h6H,4-5H2,1-3H3,(H,11,12)(H,13,14). The van der Waals surface area contributed by atoms with Gasteiger partial charge in [-0.05, 0) is 18.8 Å². The van der Waals surface area contributed by atoms with Gasteiger partial charge in [-0.25, -0.2) is 9.78 Å². The van der Waals surface area contributed by atoms with Crippen molar-refractivity contribution in [1.29, 1.82) is 0 Å². The quantitative estimate of drug-likeness (QED) is 0.772. The Kier molecular flexibility index (Phi) is 3.28. The lowest BCUT2D eigenvalue weighted by atomic mass is 10.1. The molecule has 0 aliphatic rings. The number of carboxylic acid groups (broad SMARTS) is 1. The molecule has 0 fully saturated rings. The maximum atomic E-state index is 10.7. The number of carboxylic acids is 1. The van der Waals surface area contributed by atoms with Crippen LogP contribution in [0, 0.1) is 5.92 Å². The smallest absolute Gasteiger partial charge is 0.371 e. The molecule has 0 aliphatic heterocycles. The predicted molar refractivity (Wildman–Crippen MR) is 53.5 cm³/mol. The summed E-state index contributed by atoms with van der Waals surface area (Å²) in [5.74, 6) is -0.436. The van der Waals surface area contributed by atoms with E-state index in [4.69, 9.17) is 5.11 Å². The molecule has 2 N–H and O–H groups in total. The van der Waals surface area contributed by atoms with Crippen LogP contribution in [0.1, 0.15) is 42.8 Å². The highest BCUT2D eigenvalue weighted by atomic mass is 16.4. The van der Waals surface area contributed by atoms with Crippen LogP contribution in [0.25, 0.3) is 0 Å². The van der Waals surface area contributed by atoms with Crippen LogP contribution in [-0.2, 0) is 12.8 Å². The van der Waals surface area contributed by atoms with Crippen LogP contribution in [0.2, 0.25) is 0 Å². The highest BCUT2D eigenvalue weighted by Gasteiger charge is 2.14. The van der Waals surface area contributed by atoms with Crippen LogP contribution >= 0.6 is 0 Å². The Labute approximate surface area is 83.4 Å².